The van der Waals surface area contributed by atoms with Gasteiger partial charge in [0.05, 0.1) is 0 Å². The molecule has 25 heavy (non-hydrogen) atoms. The molecule has 1 aliphatic carbocycles. The predicted molar refractivity (Wildman–Crippen MR) is 96.8 cm³/mol. The summed E-state index contributed by atoms with van der Waals surface area (Å²) in [7, 11) is 0. The number of ether oxygens (including phenoxy) is 1. The van der Waals surface area contributed by atoms with Crippen LogP contribution in [0.2, 0.25) is 0 Å². The van der Waals surface area contributed by atoms with Crippen molar-refractivity contribution in [2.45, 2.75) is 53.1 Å². The van der Waals surface area contributed by atoms with E-state index in [1.54, 1.807) is 12.1 Å². The van der Waals surface area contributed by atoms with Crippen molar-refractivity contribution in [3.63, 3.8) is 0 Å². The predicted octanol–water partition coefficient (Wildman–Crippen LogP) is 4.23. The molecule has 0 spiro atoms. The second-order valence-electron chi connectivity index (χ2n) is 6.63. The molecule has 1 atom stereocenters. The Kier molecular flexibility index (Phi) is 6.07. The van der Waals surface area contributed by atoms with Gasteiger partial charge in [-0.3, -0.25) is 14.4 Å². The number of hydrogen-bond acceptors (Lipinski definition) is 4. The number of allylic oxidation sites excluding steroid dienone is 4. The van der Waals surface area contributed by atoms with Gasteiger partial charge in [0.25, 0.3) is 0 Å². The van der Waals surface area contributed by atoms with Crippen LogP contribution in [0.3, 0.4) is 0 Å². The van der Waals surface area contributed by atoms with Gasteiger partial charge < -0.3 is 4.74 Å². The standard InChI is InChI=1S/C21H24O4/c1-13(2)7-5-8-14(3)11-12-16-9-6-10-17-18(16)20(24)21(19(17)23)25-15(4)22/h6-7,9-11,21H,5,8,12H2,1-4H3/b14-11+. The molecule has 0 fully saturated rings. The highest BCUT2D eigenvalue weighted by Crippen LogP contribution is 2.28. The van der Waals surface area contributed by atoms with Crippen LogP contribution in [0.25, 0.3) is 0 Å². The molecule has 0 N–H and O–H groups in total. The molecule has 0 aliphatic heterocycles. The molecule has 0 radical (unpaired) electrons. The minimum atomic E-state index is -1.32. The third kappa shape index (κ3) is 4.53. The molecule has 0 saturated carbocycles. The third-order valence-corrected chi connectivity index (χ3v) is 4.18. The average molecular weight is 340 g/mol. The monoisotopic (exact) mass is 340 g/mol. The fourth-order valence-corrected chi connectivity index (χ4v) is 2.91. The second kappa shape index (κ2) is 8.06. The van der Waals surface area contributed by atoms with E-state index in [9.17, 15) is 14.4 Å². The lowest BCUT2D eigenvalue weighted by Crippen LogP contribution is -2.27. The third-order valence-electron chi connectivity index (χ3n) is 4.18. The fourth-order valence-electron chi connectivity index (χ4n) is 2.91. The molecule has 0 aromatic heterocycles. The molecular weight excluding hydrogens is 316 g/mol. The minimum absolute atomic E-state index is 0.351. The van der Waals surface area contributed by atoms with Gasteiger partial charge in [0.2, 0.25) is 17.7 Å². The van der Waals surface area contributed by atoms with Gasteiger partial charge in [-0.05, 0) is 45.6 Å². The van der Waals surface area contributed by atoms with E-state index in [1.165, 1.54) is 18.1 Å². The summed E-state index contributed by atoms with van der Waals surface area (Å²) in [6.45, 7) is 7.42. The van der Waals surface area contributed by atoms with Crippen molar-refractivity contribution >= 4 is 17.5 Å². The Labute approximate surface area is 148 Å². The number of fused-ring (bicyclic) bond motifs is 1. The number of ketones is 2. The van der Waals surface area contributed by atoms with Crippen LogP contribution in [0.4, 0.5) is 0 Å². The van der Waals surface area contributed by atoms with Crippen molar-refractivity contribution in [1.82, 2.24) is 0 Å². The topological polar surface area (TPSA) is 60.4 Å². The normalized spacial score (nSPS) is 16.6. The lowest BCUT2D eigenvalue weighted by molar-refractivity contribution is -0.142. The summed E-state index contributed by atoms with van der Waals surface area (Å²) < 4.78 is 4.91. The number of rotatable bonds is 6. The summed E-state index contributed by atoms with van der Waals surface area (Å²) in [4.78, 5) is 36.0. The van der Waals surface area contributed by atoms with Gasteiger partial charge in [0.1, 0.15) is 0 Å². The first-order chi connectivity index (χ1) is 11.8. The smallest absolute Gasteiger partial charge is 0.303 e. The zero-order valence-electron chi connectivity index (χ0n) is 15.2. The van der Waals surface area contributed by atoms with Gasteiger partial charge in [-0.2, -0.15) is 0 Å². The molecule has 1 unspecified atom stereocenters. The average Bonchev–Trinajstić information content (AvgIpc) is 2.78. The van der Waals surface area contributed by atoms with Crippen LogP contribution in [0.5, 0.6) is 0 Å². The van der Waals surface area contributed by atoms with Crippen LogP contribution in [-0.4, -0.2) is 23.6 Å². The zero-order chi connectivity index (χ0) is 18.6. The van der Waals surface area contributed by atoms with Gasteiger partial charge in [0, 0.05) is 18.1 Å². The minimum Gasteiger partial charge on any atom is -0.446 e. The van der Waals surface area contributed by atoms with Crippen LogP contribution in [0.15, 0.2) is 41.5 Å². The number of Topliss-reactive ketones (excluding diaryl/α,β-unsaturated/α-hetero) is 2. The number of carbonyl (C=O) groups is 3. The first-order valence-electron chi connectivity index (χ1n) is 8.47. The van der Waals surface area contributed by atoms with Gasteiger partial charge in [-0.25, -0.2) is 0 Å². The number of esters is 1. The second-order valence-corrected chi connectivity index (χ2v) is 6.63. The molecule has 4 nitrogen and oxygen atoms in total. The van der Waals surface area contributed by atoms with Crippen LogP contribution in [0, 0.1) is 0 Å². The van der Waals surface area contributed by atoms with Crippen molar-refractivity contribution in [3.8, 4) is 0 Å². The lowest BCUT2D eigenvalue weighted by Gasteiger charge is -2.07. The Morgan fingerprint density at radius 2 is 1.80 bits per heavy atom. The molecule has 0 amide bonds. The van der Waals surface area contributed by atoms with Gasteiger partial charge >= 0.3 is 5.97 Å². The van der Waals surface area contributed by atoms with Gasteiger partial charge in [0.15, 0.2) is 0 Å². The van der Waals surface area contributed by atoms with Crippen LogP contribution in [-0.2, 0) is 16.0 Å². The highest BCUT2D eigenvalue weighted by molar-refractivity contribution is 6.29. The molecule has 0 heterocycles. The molecule has 0 saturated heterocycles. The SMILES string of the molecule is CC(=O)OC1C(=O)c2cccc(C/C=C(\C)CCC=C(C)C)c2C1=O. The molecule has 1 aromatic rings. The maximum Gasteiger partial charge on any atom is 0.303 e. The van der Waals surface area contributed by atoms with Gasteiger partial charge in [-0.1, -0.05) is 41.5 Å². The van der Waals surface area contributed by atoms with Crippen molar-refractivity contribution in [2.24, 2.45) is 0 Å². The zero-order valence-corrected chi connectivity index (χ0v) is 15.2. The summed E-state index contributed by atoms with van der Waals surface area (Å²) in [5, 5.41) is 0. The Hall–Kier alpha value is -2.49. The van der Waals surface area contributed by atoms with E-state index in [0.29, 0.717) is 17.5 Å². The molecule has 0 bridgehead atoms. The van der Waals surface area contributed by atoms with Crippen LogP contribution >= 0.6 is 0 Å². The summed E-state index contributed by atoms with van der Waals surface area (Å²) in [6, 6.07) is 5.23. The molecule has 132 valence electrons. The van der Waals surface area contributed by atoms with Gasteiger partial charge in [-0.15, -0.1) is 0 Å². The van der Waals surface area contributed by atoms with Crippen LogP contribution in [0.1, 0.15) is 66.8 Å². The maximum absolute atomic E-state index is 12.5. The summed E-state index contributed by atoms with van der Waals surface area (Å²) in [5.74, 6) is -1.47. The van der Waals surface area contributed by atoms with E-state index in [0.717, 1.165) is 18.4 Å². The highest BCUT2D eigenvalue weighted by atomic mass is 16.5. The van der Waals surface area contributed by atoms with E-state index < -0.39 is 23.6 Å². The first-order valence-corrected chi connectivity index (χ1v) is 8.47. The van der Waals surface area contributed by atoms with E-state index in [2.05, 4.69) is 32.9 Å². The maximum atomic E-state index is 12.5. The van der Waals surface area contributed by atoms with E-state index in [-0.39, 0.29) is 0 Å². The largest absolute Gasteiger partial charge is 0.446 e. The summed E-state index contributed by atoms with van der Waals surface area (Å²) in [5.41, 5.74) is 4.08. The number of hydrogen-bond donors (Lipinski definition) is 0. The highest BCUT2D eigenvalue weighted by Gasteiger charge is 2.42. The number of benzene rings is 1. The lowest BCUT2D eigenvalue weighted by atomic mass is 9.98. The first kappa shape index (κ1) is 18.8. The van der Waals surface area contributed by atoms with Crippen LogP contribution < -0.4 is 0 Å². The van der Waals surface area contributed by atoms with Crippen molar-refractivity contribution in [1.29, 1.82) is 0 Å². The van der Waals surface area contributed by atoms with E-state index >= 15 is 0 Å². The van der Waals surface area contributed by atoms with E-state index in [1.807, 2.05) is 6.07 Å². The molecule has 4 heteroatoms. The number of carbonyl (C=O) groups excluding carboxylic acids is 3. The molecule has 1 aliphatic rings. The Balaban J connectivity index is 2.18. The molecule has 1 aromatic carbocycles. The Bertz CT molecular complexity index is 764. The summed E-state index contributed by atoms with van der Waals surface area (Å²) >= 11 is 0. The fraction of sp³-hybridized carbons (Fsp3) is 0.381. The molecular formula is C21H24O4. The van der Waals surface area contributed by atoms with Crippen molar-refractivity contribution in [2.75, 3.05) is 0 Å². The molecule has 2 rings (SSSR count). The van der Waals surface area contributed by atoms with E-state index in [4.69, 9.17) is 4.74 Å². The Morgan fingerprint density at radius 3 is 2.44 bits per heavy atom. The Morgan fingerprint density at radius 1 is 1.08 bits per heavy atom. The van der Waals surface area contributed by atoms with Crippen molar-refractivity contribution in [3.05, 3.63) is 58.2 Å². The quantitative estimate of drug-likeness (QED) is 0.442. The van der Waals surface area contributed by atoms with Crippen molar-refractivity contribution < 1.29 is 19.1 Å². The summed E-state index contributed by atoms with van der Waals surface area (Å²) in [6.07, 6.45) is 5.49.